The van der Waals surface area contributed by atoms with Gasteiger partial charge in [-0.05, 0) is 41.0 Å². The average Bonchev–Trinajstić information content (AvgIpc) is 3.23. The van der Waals surface area contributed by atoms with Gasteiger partial charge in [-0.25, -0.2) is 4.99 Å². The normalized spacial score (nSPS) is 20.9. The van der Waals surface area contributed by atoms with E-state index in [4.69, 9.17) is 19.6 Å². The van der Waals surface area contributed by atoms with E-state index >= 15 is 0 Å². The molecule has 184 valence electrons. The van der Waals surface area contributed by atoms with Gasteiger partial charge in [-0.3, -0.25) is 14.5 Å². The SMILES string of the molecule is CC(=O)N1Cc2ccccc2C[C@@]2(N=C(c3ccc(OCCCO)cc3)O[C@H]2c2ccccc2)C1=O. The monoisotopic (exact) mass is 484 g/mol. The van der Waals surface area contributed by atoms with Crippen LogP contribution in [0.15, 0.2) is 83.9 Å². The number of benzene rings is 3. The Kier molecular flexibility index (Phi) is 6.57. The molecule has 0 bridgehead atoms. The Hall–Kier alpha value is -3.97. The van der Waals surface area contributed by atoms with Crippen molar-refractivity contribution >= 4 is 17.7 Å². The quantitative estimate of drug-likeness (QED) is 0.537. The fourth-order valence-corrected chi connectivity index (χ4v) is 4.80. The molecule has 0 unspecified atom stereocenters. The van der Waals surface area contributed by atoms with Crippen LogP contribution in [0.2, 0.25) is 0 Å². The second-order valence-corrected chi connectivity index (χ2v) is 9.06. The summed E-state index contributed by atoms with van der Waals surface area (Å²) in [6, 6.07) is 24.7. The first-order valence-electron chi connectivity index (χ1n) is 12.1. The van der Waals surface area contributed by atoms with Gasteiger partial charge in [0.1, 0.15) is 5.75 Å². The molecule has 7 nitrogen and oxygen atoms in total. The van der Waals surface area contributed by atoms with Crippen LogP contribution < -0.4 is 4.74 Å². The van der Waals surface area contributed by atoms with E-state index in [0.717, 1.165) is 16.7 Å². The number of carbonyl (C=O) groups is 2. The Balaban J connectivity index is 1.60. The molecule has 3 aromatic rings. The predicted molar refractivity (Wildman–Crippen MR) is 135 cm³/mol. The van der Waals surface area contributed by atoms with E-state index in [2.05, 4.69) is 0 Å². The summed E-state index contributed by atoms with van der Waals surface area (Å²) in [4.78, 5) is 33.0. The van der Waals surface area contributed by atoms with Crippen molar-refractivity contribution in [3.8, 4) is 5.75 Å². The molecule has 2 amide bonds. The number of ether oxygens (including phenoxy) is 2. The van der Waals surface area contributed by atoms with Crippen molar-refractivity contribution in [2.45, 2.75) is 38.0 Å². The number of carbonyl (C=O) groups excluding carboxylic acids is 2. The van der Waals surface area contributed by atoms with Crippen LogP contribution in [0, 0.1) is 0 Å². The van der Waals surface area contributed by atoms with Crippen LogP contribution in [-0.2, 0) is 27.3 Å². The van der Waals surface area contributed by atoms with Gasteiger partial charge in [-0.15, -0.1) is 0 Å². The number of aliphatic hydroxyl groups excluding tert-OH is 1. The average molecular weight is 485 g/mol. The van der Waals surface area contributed by atoms with Crippen molar-refractivity contribution in [2.24, 2.45) is 4.99 Å². The molecule has 7 heteroatoms. The Bertz CT molecular complexity index is 1290. The maximum atomic E-state index is 14.1. The van der Waals surface area contributed by atoms with Crippen molar-refractivity contribution < 1.29 is 24.2 Å². The van der Waals surface area contributed by atoms with Gasteiger partial charge in [-0.2, -0.15) is 0 Å². The minimum absolute atomic E-state index is 0.0696. The fourth-order valence-electron chi connectivity index (χ4n) is 4.80. The van der Waals surface area contributed by atoms with Gasteiger partial charge in [0.2, 0.25) is 11.8 Å². The highest BCUT2D eigenvalue weighted by atomic mass is 16.5. The highest BCUT2D eigenvalue weighted by Crippen LogP contribution is 2.45. The van der Waals surface area contributed by atoms with E-state index in [9.17, 15) is 9.59 Å². The van der Waals surface area contributed by atoms with Crippen molar-refractivity contribution in [3.05, 3.63) is 101 Å². The van der Waals surface area contributed by atoms with Crippen molar-refractivity contribution in [3.63, 3.8) is 0 Å². The molecule has 2 atom stereocenters. The topological polar surface area (TPSA) is 88.4 Å². The summed E-state index contributed by atoms with van der Waals surface area (Å²) in [6.07, 6.45) is 0.168. The predicted octanol–water partition coefficient (Wildman–Crippen LogP) is 3.84. The Morgan fingerprint density at radius 3 is 2.44 bits per heavy atom. The summed E-state index contributed by atoms with van der Waals surface area (Å²) in [5.41, 5.74) is 2.10. The van der Waals surface area contributed by atoms with Gasteiger partial charge in [0.05, 0.1) is 13.2 Å². The molecule has 1 spiro atoms. The highest BCUT2D eigenvalue weighted by Gasteiger charge is 2.56. The maximum absolute atomic E-state index is 14.1. The number of hydrogen-bond donors (Lipinski definition) is 1. The smallest absolute Gasteiger partial charge is 0.262 e. The fraction of sp³-hybridized carbons (Fsp3) is 0.276. The summed E-state index contributed by atoms with van der Waals surface area (Å²) in [5, 5.41) is 8.96. The van der Waals surface area contributed by atoms with E-state index < -0.39 is 11.6 Å². The van der Waals surface area contributed by atoms with Gasteiger partial charge in [0, 0.05) is 31.9 Å². The van der Waals surface area contributed by atoms with Gasteiger partial charge in [0.15, 0.2) is 11.6 Å². The molecular formula is C29H28N2O5. The van der Waals surface area contributed by atoms with Crippen LogP contribution in [0.5, 0.6) is 5.75 Å². The summed E-state index contributed by atoms with van der Waals surface area (Å²) in [6.45, 7) is 2.10. The van der Waals surface area contributed by atoms with Crippen molar-refractivity contribution in [2.75, 3.05) is 13.2 Å². The van der Waals surface area contributed by atoms with Gasteiger partial charge >= 0.3 is 0 Å². The number of hydrogen-bond acceptors (Lipinski definition) is 6. The Labute approximate surface area is 210 Å². The molecule has 5 rings (SSSR count). The summed E-state index contributed by atoms with van der Waals surface area (Å²) >= 11 is 0. The van der Waals surface area contributed by atoms with Crippen LogP contribution in [0.1, 0.15) is 41.7 Å². The van der Waals surface area contributed by atoms with Crippen LogP contribution in [-0.4, -0.2) is 46.5 Å². The van der Waals surface area contributed by atoms with E-state index in [1.807, 2.05) is 78.9 Å². The second kappa shape index (κ2) is 9.95. The first-order chi connectivity index (χ1) is 17.5. The number of rotatable bonds is 6. The molecule has 3 aromatic carbocycles. The van der Waals surface area contributed by atoms with E-state index in [1.54, 1.807) is 0 Å². The molecule has 0 saturated carbocycles. The molecule has 0 aliphatic carbocycles. The highest BCUT2D eigenvalue weighted by molar-refractivity contribution is 6.05. The molecule has 0 radical (unpaired) electrons. The lowest BCUT2D eigenvalue weighted by Crippen LogP contribution is -2.51. The summed E-state index contributed by atoms with van der Waals surface area (Å²) in [7, 11) is 0. The van der Waals surface area contributed by atoms with Crippen LogP contribution in [0.25, 0.3) is 0 Å². The number of aliphatic imine (C=N–C) groups is 1. The molecule has 2 heterocycles. The van der Waals surface area contributed by atoms with E-state index in [0.29, 0.717) is 36.7 Å². The van der Waals surface area contributed by atoms with Crippen LogP contribution >= 0.6 is 0 Å². The lowest BCUT2D eigenvalue weighted by Gasteiger charge is -2.32. The van der Waals surface area contributed by atoms with Gasteiger partial charge in [-0.1, -0.05) is 54.6 Å². The number of imide groups is 1. The first kappa shape index (κ1) is 23.8. The number of fused-ring (bicyclic) bond motifs is 1. The Morgan fingerprint density at radius 2 is 1.75 bits per heavy atom. The first-order valence-corrected chi connectivity index (χ1v) is 12.1. The number of amides is 2. The molecule has 0 saturated heterocycles. The molecule has 36 heavy (non-hydrogen) atoms. The zero-order chi connectivity index (χ0) is 25.1. The largest absolute Gasteiger partial charge is 0.494 e. The van der Waals surface area contributed by atoms with Crippen LogP contribution in [0.4, 0.5) is 0 Å². The molecule has 2 aliphatic rings. The third-order valence-electron chi connectivity index (χ3n) is 6.64. The maximum Gasteiger partial charge on any atom is 0.262 e. The standard InChI is InChI=1S/C29H28N2O5/c1-20(33)31-19-24-11-6-5-10-23(24)18-29(28(31)34)26(21-8-3-2-4-9-21)36-27(30-29)22-12-14-25(15-13-22)35-17-7-16-32/h2-6,8-15,26,32H,7,16-19H2,1H3/t26-,29-/m0/s1. The van der Waals surface area contributed by atoms with Gasteiger partial charge in [0.25, 0.3) is 5.91 Å². The lowest BCUT2D eigenvalue weighted by molar-refractivity contribution is -0.149. The molecule has 0 fully saturated rings. The van der Waals surface area contributed by atoms with E-state index in [1.165, 1.54) is 11.8 Å². The third-order valence-corrected chi connectivity index (χ3v) is 6.64. The van der Waals surface area contributed by atoms with Crippen LogP contribution in [0.3, 0.4) is 0 Å². The molecule has 2 aliphatic heterocycles. The van der Waals surface area contributed by atoms with Crippen molar-refractivity contribution in [1.82, 2.24) is 4.90 Å². The molecule has 1 N–H and O–H groups in total. The second-order valence-electron chi connectivity index (χ2n) is 9.06. The third kappa shape index (κ3) is 4.38. The minimum Gasteiger partial charge on any atom is -0.494 e. The zero-order valence-corrected chi connectivity index (χ0v) is 20.1. The van der Waals surface area contributed by atoms with Crippen molar-refractivity contribution in [1.29, 1.82) is 0 Å². The Morgan fingerprint density at radius 1 is 1.06 bits per heavy atom. The summed E-state index contributed by atoms with van der Waals surface area (Å²) in [5.74, 6) is 0.333. The molecular weight excluding hydrogens is 456 g/mol. The summed E-state index contributed by atoms with van der Waals surface area (Å²) < 4.78 is 12.1. The minimum atomic E-state index is -1.33. The zero-order valence-electron chi connectivity index (χ0n) is 20.1. The van der Waals surface area contributed by atoms with E-state index in [-0.39, 0.29) is 25.0 Å². The van der Waals surface area contributed by atoms with Gasteiger partial charge < -0.3 is 14.6 Å². The number of aliphatic hydroxyl groups is 1. The lowest BCUT2D eigenvalue weighted by atomic mass is 9.82. The molecule has 0 aromatic heterocycles. The number of nitrogens with zero attached hydrogens (tertiary/aromatic N) is 2.